The second kappa shape index (κ2) is 4.89. The molecule has 0 aliphatic heterocycles. The van der Waals surface area contributed by atoms with Crippen LogP contribution in [0.3, 0.4) is 0 Å². The third-order valence-electron chi connectivity index (χ3n) is 3.71. The van der Waals surface area contributed by atoms with Crippen LogP contribution in [0.1, 0.15) is 59.3 Å². The lowest BCUT2D eigenvalue weighted by molar-refractivity contribution is 0.308. The zero-order valence-corrected chi connectivity index (χ0v) is 8.97. The Morgan fingerprint density at radius 1 is 0.917 bits per heavy atom. The van der Waals surface area contributed by atoms with Crippen LogP contribution in [0, 0.1) is 17.8 Å². The maximum atomic E-state index is 2.48. The van der Waals surface area contributed by atoms with Crippen molar-refractivity contribution in [3.63, 3.8) is 0 Å². The van der Waals surface area contributed by atoms with Gasteiger partial charge in [0.2, 0.25) is 0 Å². The highest BCUT2D eigenvalue weighted by Gasteiger charge is 2.30. The van der Waals surface area contributed by atoms with Gasteiger partial charge in [0.25, 0.3) is 0 Å². The largest absolute Gasteiger partial charge is 0.0654 e. The molecule has 0 amide bonds. The van der Waals surface area contributed by atoms with Gasteiger partial charge in [0.1, 0.15) is 0 Å². The van der Waals surface area contributed by atoms with E-state index < -0.39 is 0 Å². The zero-order valence-electron chi connectivity index (χ0n) is 8.97. The molecule has 1 rings (SSSR count). The summed E-state index contributed by atoms with van der Waals surface area (Å²) in [5.41, 5.74) is 0. The first kappa shape index (κ1) is 10.1. The number of hydrogen-bond acceptors (Lipinski definition) is 0. The van der Waals surface area contributed by atoms with Gasteiger partial charge in [0.15, 0.2) is 0 Å². The molecule has 1 aliphatic rings. The molecule has 1 fully saturated rings. The Morgan fingerprint density at radius 2 is 1.33 bits per heavy atom. The summed E-state index contributed by atoms with van der Waals surface area (Å²) in [5.74, 6) is 3.14. The van der Waals surface area contributed by atoms with Crippen molar-refractivity contribution in [3.8, 4) is 0 Å². The van der Waals surface area contributed by atoms with E-state index in [-0.39, 0.29) is 0 Å². The van der Waals surface area contributed by atoms with Crippen molar-refractivity contribution in [1.29, 1.82) is 0 Å². The zero-order chi connectivity index (χ0) is 8.97. The van der Waals surface area contributed by atoms with Crippen LogP contribution in [-0.2, 0) is 0 Å². The van der Waals surface area contributed by atoms with E-state index in [1.54, 1.807) is 0 Å². The summed E-state index contributed by atoms with van der Waals surface area (Å²) in [7, 11) is 0. The molecule has 0 heteroatoms. The molecule has 12 heavy (non-hydrogen) atoms. The van der Waals surface area contributed by atoms with E-state index in [2.05, 4.69) is 20.8 Å². The minimum Gasteiger partial charge on any atom is -0.0654 e. The van der Waals surface area contributed by atoms with Crippen LogP contribution in [0.25, 0.3) is 0 Å². The van der Waals surface area contributed by atoms with Gasteiger partial charge in [-0.25, -0.2) is 0 Å². The summed E-state index contributed by atoms with van der Waals surface area (Å²) in [5, 5.41) is 0. The van der Waals surface area contributed by atoms with E-state index >= 15 is 0 Å². The van der Waals surface area contributed by atoms with Gasteiger partial charge in [-0.2, -0.15) is 0 Å². The monoisotopic (exact) mass is 168 g/mol. The molecule has 0 saturated heterocycles. The minimum absolute atomic E-state index is 1.02. The predicted molar refractivity (Wildman–Crippen MR) is 55.2 cm³/mol. The molecule has 1 aliphatic carbocycles. The highest BCUT2D eigenvalue weighted by molar-refractivity contribution is 4.81. The SMILES string of the molecule is CCCC1CCC(CCC)C1C. The van der Waals surface area contributed by atoms with Crippen LogP contribution in [0.4, 0.5) is 0 Å². The third kappa shape index (κ3) is 2.24. The molecule has 2 unspecified atom stereocenters. The molecule has 0 aromatic heterocycles. The molecule has 0 aromatic rings. The van der Waals surface area contributed by atoms with Crippen molar-refractivity contribution < 1.29 is 0 Å². The molecule has 0 aromatic carbocycles. The highest BCUT2D eigenvalue weighted by atomic mass is 14.4. The first-order valence-electron chi connectivity index (χ1n) is 5.79. The van der Waals surface area contributed by atoms with Gasteiger partial charge < -0.3 is 0 Å². The molecular weight excluding hydrogens is 144 g/mol. The van der Waals surface area contributed by atoms with Crippen LogP contribution in [0.5, 0.6) is 0 Å². The van der Waals surface area contributed by atoms with E-state index in [0.717, 1.165) is 17.8 Å². The Kier molecular flexibility index (Phi) is 4.11. The fourth-order valence-electron chi connectivity index (χ4n) is 2.89. The van der Waals surface area contributed by atoms with Gasteiger partial charge in [-0.3, -0.25) is 0 Å². The maximum Gasteiger partial charge on any atom is -0.0386 e. The lowest BCUT2D eigenvalue weighted by Crippen LogP contribution is -2.10. The molecule has 0 radical (unpaired) electrons. The molecule has 0 nitrogen and oxygen atoms in total. The first-order valence-corrected chi connectivity index (χ1v) is 5.79. The fraction of sp³-hybridized carbons (Fsp3) is 1.00. The number of rotatable bonds is 4. The van der Waals surface area contributed by atoms with Gasteiger partial charge in [0.05, 0.1) is 0 Å². The van der Waals surface area contributed by atoms with Gasteiger partial charge >= 0.3 is 0 Å². The molecule has 0 bridgehead atoms. The van der Waals surface area contributed by atoms with Crippen molar-refractivity contribution in [2.24, 2.45) is 17.8 Å². The molecular formula is C12H24. The summed E-state index contributed by atoms with van der Waals surface area (Å²) in [6.45, 7) is 7.12. The second-order valence-corrected chi connectivity index (χ2v) is 4.53. The lowest BCUT2D eigenvalue weighted by atomic mass is 9.86. The van der Waals surface area contributed by atoms with Crippen molar-refractivity contribution >= 4 is 0 Å². The molecule has 0 spiro atoms. The topological polar surface area (TPSA) is 0 Å². The second-order valence-electron chi connectivity index (χ2n) is 4.53. The average Bonchev–Trinajstić information content (AvgIpc) is 2.38. The Labute approximate surface area is 77.7 Å². The highest BCUT2D eigenvalue weighted by Crippen LogP contribution is 2.41. The maximum absolute atomic E-state index is 2.48. The van der Waals surface area contributed by atoms with Gasteiger partial charge in [-0.05, 0) is 30.6 Å². The quantitative estimate of drug-likeness (QED) is 0.588. The van der Waals surface area contributed by atoms with E-state index in [1.165, 1.54) is 38.5 Å². The summed E-state index contributed by atoms with van der Waals surface area (Å²) in [6, 6.07) is 0. The number of hydrogen-bond donors (Lipinski definition) is 0. The summed E-state index contributed by atoms with van der Waals surface area (Å²) in [6.07, 6.45) is 8.74. The molecule has 72 valence electrons. The van der Waals surface area contributed by atoms with Crippen LogP contribution in [0.15, 0.2) is 0 Å². The van der Waals surface area contributed by atoms with Crippen LogP contribution in [0.2, 0.25) is 0 Å². The Bertz CT molecular complexity index is 103. The standard InChI is InChI=1S/C12H24/c1-4-6-11-8-9-12(7-5-2)10(11)3/h10-12H,4-9H2,1-3H3. The Balaban J connectivity index is 2.32. The lowest BCUT2D eigenvalue weighted by Gasteiger charge is -2.19. The fourth-order valence-corrected chi connectivity index (χ4v) is 2.89. The molecule has 0 N–H and O–H groups in total. The van der Waals surface area contributed by atoms with Gasteiger partial charge in [-0.1, -0.05) is 46.5 Å². The molecule has 1 saturated carbocycles. The van der Waals surface area contributed by atoms with E-state index in [4.69, 9.17) is 0 Å². The third-order valence-corrected chi connectivity index (χ3v) is 3.71. The first-order chi connectivity index (χ1) is 5.79. The van der Waals surface area contributed by atoms with Gasteiger partial charge in [-0.15, -0.1) is 0 Å². The van der Waals surface area contributed by atoms with Crippen molar-refractivity contribution in [2.45, 2.75) is 59.3 Å². The van der Waals surface area contributed by atoms with Crippen molar-refractivity contribution in [1.82, 2.24) is 0 Å². The smallest absolute Gasteiger partial charge is 0.0386 e. The summed E-state index contributed by atoms with van der Waals surface area (Å²) in [4.78, 5) is 0. The van der Waals surface area contributed by atoms with Crippen LogP contribution >= 0.6 is 0 Å². The summed E-state index contributed by atoms with van der Waals surface area (Å²) < 4.78 is 0. The summed E-state index contributed by atoms with van der Waals surface area (Å²) >= 11 is 0. The Hall–Kier alpha value is 0. The van der Waals surface area contributed by atoms with Crippen molar-refractivity contribution in [2.75, 3.05) is 0 Å². The predicted octanol–water partition coefficient (Wildman–Crippen LogP) is 4.25. The van der Waals surface area contributed by atoms with Gasteiger partial charge in [0, 0.05) is 0 Å². The van der Waals surface area contributed by atoms with E-state index in [0.29, 0.717) is 0 Å². The Morgan fingerprint density at radius 3 is 1.67 bits per heavy atom. The van der Waals surface area contributed by atoms with Crippen LogP contribution in [-0.4, -0.2) is 0 Å². The van der Waals surface area contributed by atoms with E-state index in [1.807, 2.05) is 0 Å². The minimum atomic E-state index is 1.02. The van der Waals surface area contributed by atoms with Crippen LogP contribution < -0.4 is 0 Å². The van der Waals surface area contributed by atoms with E-state index in [9.17, 15) is 0 Å². The molecule has 0 heterocycles. The average molecular weight is 168 g/mol. The molecule has 2 atom stereocenters. The van der Waals surface area contributed by atoms with Crippen molar-refractivity contribution in [3.05, 3.63) is 0 Å². The normalized spacial score (nSPS) is 35.8.